The number of ether oxygens (including phenoxy) is 1. The Labute approximate surface area is 80.7 Å². The Morgan fingerprint density at radius 3 is 2.46 bits per heavy atom. The lowest BCUT2D eigenvalue weighted by Crippen LogP contribution is -1.95. The quantitative estimate of drug-likeness (QED) is 0.689. The molecule has 0 spiro atoms. The molecule has 1 aromatic carbocycles. The molecule has 0 atom stereocenters. The van der Waals surface area contributed by atoms with E-state index in [1.165, 1.54) is 11.1 Å². The van der Waals surface area contributed by atoms with E-state index in [4.69, 9.17) is 4.74 Å². The van der Waals surface area contributed by atoms with Crippen molar-refractivity contribution >= 4 is 0 Å². The van der Waals surface area contributed by atoms with Gasteiger partial charge in [0.2, 0.25) is 0 Å². The SMILES string of the molecule is CCc1ccc(C(C)C)c(OC)c1. The fourth-order valence-electron chi connectivity index (χ4n) is 1.45. The monoisotopic (exact) mass is 178 g/mol. The van der Waals surface area contributed by atoms with Crippen LogP contribution in [0.1, 0.15) is 37.8 Å². The van der Waals surface area contributed by atoms with Gasteiger partial charge in [-0.15, -0.1) is 0 Å². The molecule has 0 N–H and O–H groups in total. The van der Waals surface area contributed by atoms with Gasteiger partial charge in [-0.25, -0.2) is 0 Å². The normalized spacial score (nSPS) is 10.5. The van der Waals surface area contributed by atoms with Crippen molar-refractivity contribution in [3.63, 3.8) is 0 Å². The van der Waals surface area contributed by atoms with Crippen molar-refractivity contribution in [2.75, 3.05) is 7.11 Å². The molecule has 0 radical (unpaired) electrons. The van der Waals surface area contributed by atoms with E-state index in [1.807, 2.05) is 0 Å². The van der Waals surface area contributed by atoms with Gasteiger partial charge in [0.25, 0.3) is 0 Å². The Hall–Kier alpha value is -0.980. The molecule has 0 fully saturated rings. The van der Waals surface area contributed by atoms with E-state index in [-0.39, 0.29) is 0 Å². The van der Waals surface area contributed by atoms with Crippen molar-refractivity contribution in [1.29, 1.82) is 0 Å². The molecule has 0 aliphatic heterocycles. The maximum Gasteiger partial charge on any atom is 0.122 e. The third-order valence-electron chi connectivity index (χ3n) is 2.33. The van der Waals surface area contributed by atoms with E-state index in [0.29, 0.717) is 5.92 Å². The number of methoxy groups -OCH3 is 1. The standard InChI is InChI=1S/C12H18O/c1-5-10-6-7-11(9(2)3)12(8-10)13-4/h6-9H,5H2,1-4H3. The van der Waals surface area contributed by atoms with Gasteiger partial charge in [0.15, 0.2) is 0 Å². The molecule has 0 bridgehead atoms. The van der Waals surface area contributed by atoms with Crippen LogP contribution in [0.4, 0.5) is 0 Å². The third kappa shape index (κ3) is 2.24. The zero-order chi connectivity index (χ0) is 9.84. The van der Waals surface area contributed by atoms with Crippen LogP contribution in [-0.4, -0.2) is 7.11 Å². The Morgan fingerprint density at radius 1 is 1.31 bits per heavy atom. The highest BCUT2D eigenvalue weighted by Gasteiger charge is 2.06. The minimum Gasteiger partial charge on any atom is -0.496 e. The van der Waals surface area contributed by atoms with Crippen molar-refractivity contribution in [3.8, 4) is 5.75 Å². The highest BCUT2D eigenvalue weighted by molar-refractivity contribution is 5.39. The van der Waals surface area contributed by atoms with Crippen LogP contribution in [0.3, 0.4) is 0 Å². The molecule has 1 heteroatoms. The molecule has 0 unspecified atom stereocenters. The Kier molecular flexibility index (Phi) is 3.35. The summed E-state index contributed by atoms with van der Waals surface area (Å²) in [7, 11) is 1.74. The van der Waals surface area contributed by atoms with Crippen LogP contribution in [0, 0.1) is 0 Å². The first-order valence-corrected chi connectivity index (χ1v) is 4.85. The van der Waals surface area contributed by atoms with Crippen molar-refractivity contribution in [2.24, 2.45) is 0 Å². The topological polar surface area (TPSA) is 9.23 Å². The minimum absolute atomic E-state index is 0.529. The van der Waals surface area contributed by atoms with Crippen molar-refractivity contribution < 1.29 is 4.74 Å². The van der Waals surface area contributed by atoms with E-state index >= 15 is 0 Å². The molecule has 0 amide bonds. The second kappa shape index (κ2) is 4.31. The van der Waals surface area contributed by atoms with E-state index in [9.17, 15) is 0 Å². The van der Waals surface area contributed by atoms with E-state index < -0.39 is 0 Å². The predicted molar refractivity (Wildman–Crippen MR) is 56.5 cm³/mol. The summed E-state index contributed by atoms with van der Waals surface area (Å²) in [5.41, 5.74) is 2.63. The number of benzene rings is 1. The summed E-state index contributed by atoms with van der Waals surface area (Å²) in [6, 6.07) is 6.48. The highest BCUT2D eigenvalue weighted by Crippen LogP contribution is 2.27. The average molecular weight is 178 g/mol. The summed E-state index contributed by atoms with van der Waals surface area (Å²) in [6.07, 6.45) is 1.06. The molecule has 1 nitrogen and oxygen atoms in total. The number of hydrogen-bond acceptors (Lipinski definition) is 1. The lowest BCUT2D eigenvalue weighted by Gasteiger charge is -2.12. The van der Waals surface area contributed by atoms with Crippen molar-refractivity contribution in [3.05, 3.63) is 29.3 Å². The number of aryl methyl sites for hydroxylation is 1. The van der Waals surface area contributed by atoms with Crippen LogP contribution < -0.4 is 4.74 Å². The molecule has 1 rings (SSSR count). The second-order valence-electron chi connectivity index (χ2n) is 3.58. The zero-order valence-electron chi connectivity index (χ0n) is 8.92. The first-order chi connectivity index (χ1) is 6.19. The molecular formula is C12H18O. The van der Waals surface area contributed by atoms with E-state index in [0.717, 1.165) is 12.2 Å². The molecule has 0 aromatic heterocycles. The van der Waals surface area contributed by atoms with E-state index in [2.05, 4.69) is 39.0 Å². The van der Waals surface area contributed by atoms with Crippen LogP contribution in [0.25, 0.3) is 0 Å². The van der Waals surface area contributed by atoms with Crippen LogP contribution in [0.2, 0.25) is 0 Å². The fraction of sp³-hybridized carbons (Fsp3) is 0.500. The molecule has 1 aromatic rings. The third-order valence-corrected chi connectivity index (χ3v) is 2.33. The van der Waals surface area contributed by atoms with Gasteiger partial charge in [0.05, 0.1) is 7.11 Å². The zero-order valence-corrected chi connectivity index (χ0v) is 8.92. The summed E-state index contributed by atoms with van der Waals surface area (Å²) >= 11 is 0. The predicted octanol–water partition coefficient (Wildman–Crippen LogP) is 3.38. The lowest BCUT2D eigenvalue weighted by molar-refractivity contribution is 0.407. The molecular weight excluding hydrogens is 160 g/mol. The van der Waals surface area contributed by atoms with Crippen molar-refractivity contribution in [1.82, 2.24) is 0 Å². The Balaban J connectivity index is 3.08. The van der Waals surface area contributed by atoms with Gasteiger partial charge in [0.1, 0.15) is 5.75 Å². The maximum absolute atomic E-state index is 5.35. The van der Waals surface area contributed by atoms with Crippen LogP contribution >= 0.6 is 0 Å². The summed E-state index contributed by atoms with van der Waals surface area (Å²) in [5.74, 6) is 1.55. The minimum atomic E-state index is 0.529. The molecule has 13 heavy (non-hydrogen) atoms. The molecule has 0 aliphatic carbocycles. The summed E-state index contributed by atoms with van der Waals surface area (Å²) < 4.78 is 5.35. The van der Waals surface area contributed by atoms with Gasteiger partial charge in [-0.1, -0.05) is 32.9 Å². The molecule has 0 heterocycles. The molecule has 0 aliphatic rings. The second-order valence-corrected chi connectivity index (χ2v) is 3.58. The number of rotatable bonds is 3. The average Bonchev–Trinajstić information content (AvgIpc) is 2.16. The molecule has 0 saturated heterocycles. The molecule has 0 saturated carbocycles. The van der Waals surface area contributed by atoms with Gasteiger partial charge in [-0.05, 0) is 29.5 Å². The highest BCUT2D eigenvalue weighted by atomic mass is 16.5. The fourth-order valence-corrected chi connectivity index (χ4v) is 1.45. The van der Waals surface area contributed by atoms with Gasteiger partial charge in [0, 0.05) is 0 Å². The maximum atomic E-state index is 5.35. The summed E-state index contributed by atoms with van der Waals surface area (Å²) in [4.78, 5) is 0. The Bertz CT molecular complexity index is 276. The number of hydrogen-bond donors (Lipinski definition) is 0. The largest absolute Gasteiger partial charge is 0.496 e. The van der Waals surface area contributed by atoms with Crippen LogP contribution in [0.5, 0.6) is 5.75 Å². The van der Waals surface area contributed by atoms with Gasteiger partial charge >= 0.3 is 0 Å². The van der Waals surface area contributed by atoms with Crippen LogP contribution in [0.15, 0.2) is 18.2 Å². The first kappa shape index (κ1) is 10.1. The van der Waals surface area contributed by atoms with Crippen molar-refractivity contribution in [2.45, 2.75) is 33.1 Å². The Morgan fingerprint density at radius 2 is 2.00 bits per heavy atom. The van der Waals surface area contributed by atoms with Gasteiger partial charge in [-0.3, -0.25) is 0 Å². The smallest absolute Gasteiger partial charge is 0.122 e. The van der Waals surface area contributed by atoms with E-state index in [1.54, 1.807) is 7.11 Å². The lowest BCUT2D eigenvalue weighted by atomic mass is 9.99. The summed E-state index contributed by atoms with van der Waals surface area (Å²) in [6.45, 7) is 6.52. The summed E-state index contributed by atoms with van der Waals surface area (Å²) in [5, 5.41) is 0. The van der Waals surface area contributed by atoms with Crippen LogP contribution in [-0.2, 0) is 6.42 Å². The van der Waals surface area contributed by atoms with Gasteiger partial charge < -0.3 is 4.74 Å². The van der Waals surface area contributed by atoms with Gasteiger partial charge in [-0.2, -0.15) is 0 Å². The molecule has 72 valence electrons. The first-order valence-electron chi connectivity index (χ1n) is 4.85.